The Kier molecular flexibility index (Phi) is 8.35. The van der Waals surface area contributed by atoms with Crippen LogP contribution in [0.4, 0.5) is 0 Å². The van der Waals surface area contributed by atoms with Gasteiger partial charge in [-0.25, -0.2) is 4.98 Å². The number of aliphatic hydroxyl groups excluding tert-OH is 1. The Morgan fingerprint density at radius 2 is 1.62 bits per heavy atom. The largest absolute Gasteiger partial charge is 0.508 e. The second kappa shape index (κ2) is 11.7. The Bertz CT molecular complexity index is 1290. The maximum Gasteiger partial charge on any atom is 0.111 e. The van der Waals surface area contributed by atoms with E-state index in [1.165, 1.54) is 97.8 Å². The lowest BCUT2D eigenvalue weighted by molar-refractivity contribution is 0.400. The fourth-order valence-electron chi connectivity index (χ4n) is 7.09. The summed E-state index contributed by atoms with van der Waals surface area (Å²) in [4.78, 5) is 4.67. The fraction of sp³-hybridized carbons (Fsp3) is 0.528. The molecule has 3 heteroatoms. The highest BCUT2D eigenvalue weighted by molar-refractivity contribution is 5.80. The second-order valence-corrected chi connectivity index (χ2v) is 12.4. The molecule has 1 aromatic heterocycles. The van der Waals surface area contributed by atoms with Gasteiger partial charge in [-0.05, 0) is 78.7 Å². The van der Waals surface area contributed by atoms with Gasteiger partial charge in [0.05, 0.1) is 17.4 Å². The molecule has 1 heterocycles. The molecule has 0 spiro atoms. The van der Waals surface area contributed by atoms with Crippen LogP contribution in [-0.2, 0) is 6.42 Å². The van der Waals surface area contributed by atoms with Crippen LogP contribution in [0.2, 0.25) is 0 Å². The van der Waals surface area contributed by atoms with Gasteiger partial charge in [-0.1, -0.05) is 103 Å². The van der Waals surface area contributed by atoms with Crippen molar-refractivity contribution in [3.8, 4) is 0 Å². The molecule has 1 aromatic rings. The van der Waals surface area contributed by atoms with E-state index < -0.39 is 0 Å². The molecule has 0 aliphatic heterocycles. The molecule has 1 N–H and O–H groups in total. The molecule has 0 amide bonds. The minimum Gasteiger partial charge on any atom is -0.508 e. The zero-order chi connectivity index (χ0) is 27.5. The van der Waals surface area contributed by atoms with Crippen molar-refractivity contribution in [1.29, 1.82) is 0 Å². The predicted molar refractivity (Wildman–Crippen MR) is 164 cm³/mol. The third-order valence-corrected chi connectivity index (χ3v) is 9.59. The number of aliphatic hydroxyl groups is 1. The highest BCUT2D eigenvalue weighted by atomic mass is 16.3. The number of rotatable bonds is 13. The zero-order valence-corrected chi connectivity index (χ0v) is 24.7. The Balaban J connectivity index is 1.36. The number of nitrogens with zero attached hydrogens (tertiary/aromatic N) is 2. The maximum absolute atomic E-state index is 10.2. The average Bonchev–Trinajstić information content (AvgIpc) is 3.52. The number of fused-ring (bicyclic) bond motifs is 4. The van der Waals surface area contributed by atoms with Gasteiger partial charge < -0.3 is 9.67 Å². The Labute approximate surface area is 236 Å². The first-order valence-electron chi connectivity index (χ1n) is 15.6. The molecule has 0 bridgehead atoms. The SMILES string of the molecule is CCCCCCCCCCCCC1=C2C3=C(C=C[C@]2(C)C(n2cnc(CC)c2)=C1)[C@]1(C)CC=C(O)C=C1C=C3. The van der Waals surface area contributed by atoms with Gasteiger partial charge in [-0.3, -0.25) is 0 Å². The van der Waals surface area contributed by atoms with Gasteiger partial charge in [0.1, 0.15) is 5.76 Å². The fourth-order valence-corrected chi connectivity index (χ4v) is 7.09. The Morgan fingerprint density at radius 1 is 0.897 bits per heavy atom. The van der Waals surface area contributed by atoms with Gasteiger partial charge in [0, 0.05) is 17.3 Å². The zero-order valence-electron chi connectivity index (χ0n) is 24.7. The number of aromatic nitrogens is 2. The van der Waals surface area contributed by atoms with E-state index in [2.05, 4.69) is 73.8 Å². The van der Waals surface area contributed by atoms with Crippen LogP contribution in [-0.4, -0.2) is 14.7 Å². The highest BCUT2D eigenvalue weighted by Crippen LogP contribution is 2.59. The van der Waals surface area contributed by atoms with Crippen LogP contribution in [0.5, 0.6) is 0 Å². The molecule has 0 aromatic carbocycles. The first kappa shape index (κ1) is 27.7. The molecule has 2 atom stereocenters. The third kappa shape index (κ3) is 5.34. The van der Waals surface area contributed by atoms with Gasteiger partial charge in [-0.2, -0.15) is 0 Å². The van der Waals surface area contributed by atoms with E-state index >= 15 is 0 Å². The summed E-state index contributed by atoms with van der Waals surface area (Å²) in [5.41, 5.74) is 9.14. The van der Waals surface area contributed by atoms with E-state index in [0.29, 0.717) is 5.76 Å². The van der Waals surface area contributed by atoms with Crippen LogP contribution >= 0.6 is 0 Å². The van der Waals surface area contributed by atoms with Crippen LogP contribution in [0.1, 0.15) is 110 Å². The van der Waals surface area contributed by atoms with Crippen molar-refractivity contribution in [1.82, 2.24) is 9.55 Å². The molecular formula is C36H48N2O. The molecule has 0 saturated carbocycles. The average molecular weight is 525 g/mol. The van der Waals surface area contributed by atoms with Crippen molar-refractivity contribution in [2.45, 2.75) is 111 Å². The van der Waals surface area contributed by atoms with Crippen molar-refractivity contribution in [2.24, 2.45) is 10.8 Å². The molecule has 39 heavy (non-hydrogen) atoms. The molecule has 0 unspecified atom stereocenters. The minimum atomic E-state index is -0.174. The third-order valence-electron chi connectivity index (χ3n) is 9.59. The second-order valence-electron chi connectivity index (χ2n) is 12.4. The first-order chi connectivity index (χ1) is 18.9. The van der Waals surface area contributed by atoms with Crippen LogP contribution in [0.15, 0.2) is 88.7 Å². The molecular weight excluding hydrogens is 476 g/mol. The number of imidazole rings is 1. The van der Waals surface area contributed by atoms with E-state index in [9.17, 15) is 5.11 Å². The van der Waals surface area contributed by atoms with E-state index in [4.69, 9.17) is 0 Å². The first-order valence-corrected chi connectivity index (χ1v) is 15.6. The smallest absolute Gasteiger partial charge is 0.111 e. The van der Waals surface area contributed by atoms with Crippen LogP contribution < -0.4 is 0 Å². The van der Waals surface area contributed by atoms with E-state index in [1.54, 1.807) is 0 Å². The summed E-state index contributed by atoms with van der Waals surface area (Å²) >= 11 is 0. The number of unbranched alkanes of at least 4 members (excludes halogenated alkanes) is 9. The molecule has 4 aliphatic rings. The Hall–Kier alpha value is -2.81. The van der Waals surface area contributed by atoms with Crippen LogP contribution in [0, 0.1) is 10.8 Å². The lowest BCUT2D eigenvalue weighted by Crippen LogP contribution is -2.31. The monoisotopic (exact) mass is 524 g/mol. The van der Waals surface area contributed by atoms with Gasteiger partial charge in [0.2, 0.25) is 0 Å². The van der Waals surface area contributed by atoms with Crippen LogP contribution in [0.3, 0.4) is 0 Å². The summed E-state index contributed by atoms with van der Waals surface area (Å²) in [5.74, 6) is 0.387. The lowest BCUT2D eigenvalue weighted by atomic mass is 9.61. The molecule has 3 nitrogen and oxygen atoms in total. The summed E-state index contributed by atoms with van der Waals surface area (Å²) in [5, 5.41) is 10.2. The summed E-state index contributed by atoms with van der Waals surface area (Å²) in [7, 11) is 0. The lowest BCUT2D eigenvalue weighted by Gasteiger charge is -2.43. The van der Waals surface area contributed by atoms with Crippen molar-refractivity contribution < 1.29 is 5.11 Å². The standard InChI is InChI=1S/C36H48N2O/c1-5-7-8-9-10-11-12-13-14-15-16-27-23-33(38-25-29(6-2)37-26-38)36(4)22-20-32-31(34(27)36)18-17-28-24-30(39)19-21-35(28,32)3/h17-20,22-26,39H,5-16,21H2,1-4H3/t35-,36-/m1/s1. The van der Waals surface area contributed by atoms with E-state index in [-0.39, 0.29) is 10.8 Å². The summed E-state index contributed by atoms with van der Waals surface area (Å²) in [6.07, 6.45) is 36.5. The normalized spacial score (nSPS) is 25.4. The number of hydrogen-bond donors (Lipinski definition) is 1. The Morgan fingerprint density at radius 3 is 2.31 bits per heavy atom. The van der Waals surface area contributed by atoms with Gasteiger partial charge in [0.25, 0.3) is 0 Å². The van der Waals surface area contributed by atoms with E-state index in [0.717, 1.165) is 25.0 Å². The molecule has 0 fully saturated rings. The van der Waals surface area contributed by atoms with Crippen molar-refractivity contribution in [3.63, 3.8) is 0 Å². The molecule has 208 valence electrons. The van der Waals surface area contributed by atoms with Crippen molar-refractivity contribution >= 4 is 5.70 Å². The molecule has 5 rings (SSSR count). The highest BCUT2D eigenvalue weighted by Gasteiger charge is 2.46. The van der Waals surface area contributed by atoms with Crippen LogP contribution in [0.25, 0.3) is 5.70 Å². The quantitative estimate of drug-likeness (QED) is 0.261. The topological polar surface area (TPSA) is 38.0 Å². The molecule has 0 saturated heterocycles. The van der Waals surface area contributed by atoms with Crippen molar-refractivity contribution in [3.05, 3.63) is 94.4 Å². The number of allylic oxidation sites excluding steroid dienone is 13. The van der Waals surface area contributed by atoms with E-state index in [1.807, 2.05) is 18.5 Å². The summed E-state index contributed by atoms with van der Waals surface area (Å²) in [6.45, 7) is 9.19. The summed E-state index contributed by atoms with van der Waals surface area (Å²) in [6, 6.07) is 0. The summed E-state index contributed by atoms with van der Waals surface area (Å²) < 4.78 is 2.27. The maximum atomic E-state index is 10.2. The van der Waals surface area contributed by atoms with Gasteiger partial charge in [-0.15, -0.1) is 0 Å². The molecule has 4 aliphatic carbocycles. The number of hydrogen-bond acceptors (Lipinski definition) is 2. The number of aryl methyl sites for hydroxylation is 1. The molecule has 0 radical (unpaired) electrons. The van der Waals surface area contributed by atoms with Crippen molar-refractivity contribution in [2.75, 3.05) is 0 Å². The minimum absolute atomic E-state index is 0.101. The van der Waals surface area contributed by atoms with Gasteiger partial charge >= 0.3 is 0 Å². The van der Waals surface area contributed by atoms with Gasteiger partial charge in [0.15, 0.2) is 0 Å². The predicted octanol–water partition coefficient (Wildman–Crippen LogP) is 10.1.